The molecular weight excluding hydrogens is 749 g/mol. The first-order valence-electron chi connectivity index (χ1n) is 18.8. The molecule has 1 amide bonds. The molecule has 0 aliphatic carbocycles. The molecule has 57 heavy (non-hydrogen) atoms. The van der Waals surface area contributed by atoms with E-state index in [9.17, 15) is 14.9 Å². The third-order valence-corrected chi connectivity index (χ3v) is 11.6. The molecule has 15 heteroatoms. The van der Waals surface area contributed by atoms with Gasteiger partial charge in [-0.2, -0.15) is 10.2 Å². The zero-order valence-corrected chi connectivity index (χ0v) is 34.6. The molecule has 5 unspecified atom stereocenters. The number of hydrogen-bond donors (Lipinski definition) is 1. The van der Waals surface area contributed by atoms with Crippen molar-refractivity contribution in [3.8, 4) is 17.6 Å². The van der Waals surface area contributed by atoms with Crippen LogP contribution in [0.25, 0.3) is 0 Å². The lowest BCUT2D eigenvalue weighted by atomic mass is 9.80. The van der Waals surface area contributed by atoms with Gasteiger partial charge in [0.2, 0.25) is 5.91 Å². The van der Waals surface area contributed by atoms with Crippen molar-refractivity contribution in [2.75, 3.05) is 39.9 Å². The van der Waals surface area contributed by atoms with Crippen molar-refractivity contribution < 1.29 is 37.5 Å². The summed E-state index contributed by atoms with van der Waals surface area (Å²) in [6.07, 6.45) is -1.90. The summed E-state index contributed by atoms with van der Waals surface area (Å²) >= 11 is 0. The molecule has 14 nitrogen and oxygen atoms in total. The third-order valence-electron chi connectivity index (χ3n) is 9.48. The number of rotatable bonds is 19. The summed E-state index contributed by atoms with van der Waals surface area (Å²) in [7, 11) is 2.97. The van der Waals surface area contributed by atoms with Gasteiger partial charge in [0.25, 0.3) is 8.53 Å². The van der Waals surface area contributed by atoms with E-state index in [0.717, 1.165) is 16.7 Å². The van der Waals surface area contributed by atoms with Gasteiger partial charge >= 0.3 is 5.69 Å². The van der Waals surface area contributed by atoms with Gasteiger partial charge in [-0.1, -0.05) is 54.6 Å². The number of amides is 1. The van der Waals surface area contributed by atoms with E-state index in [4.69, 9.17) is 32.7 Å². The SMILES string of the molecule is COc1ccc(C(OCC2OC(n3ccc(NC(C)=O)nc3=O)C(OC)C2OP(OCCC#N)N(C(C)C)C(C)C)(c2ccccc2)c2ccc(OC)cc2)cc1. The van der Waals surface area contributed by atoms with Gasteiger partial charge in [0.1, 0.15) is 41.2 Å². The largest absolute Gasteiger partial charge is 0.497 e. The lowest BCUT2D eigenvalue weighted by molar-refractivity contribution is -0.114. The first kappa shape index (κ1) is 43.4. The highest BCUT2D eigenvalue weighted by atomic mass is 31.2. The monoisotopic (exact) mass is 801 g/mol. The van der Waals surface area contributed by atoms with E-state index in [1.165, 1.54) is 30.9 Å². The smallest absolute Gasteiger partial charge is 0.351 e. The first-order valence-corrected chi connectivity index (χ1v) is 19.9. The average Bonchev–Trinajstić information content (AvgIpc) is 3.54. The van der Waals surface area contributed by atoms with Crippen LogP contribution in [0.5, 0.6) is 11.5 Å². The van der Waals surface area contributed by atoms with Gasteiger partial charge in [-0.15, -0.1) is 0 Å². The predicted molar refractivity (Wildman–Crippen MR) is 216 cm³/mol. The summed E-state index contributed by atoms with van der Waals surface area (Å²) < 4.78 is 48.0. The fraction of sp³-hybridized carbons (Fsp3) is 0.429. The van der Waals surface area contributed by atoms with Crippen LogP contribution < -0.4 is 20.5 Å². The van der Waals surface area contributed by atoms with Crippen molar-refractivity contribution in [1.29, 1.82) is 5.26 Å². The van der Waals surface area contributed by atoms with E-state index < -0.39 is 44.4 Å². The fourth-order valence-corrected chi connectivity index (χ4v) is 8.75. The Kier molecular flexibility index (Phi) is 15.3. The van der Waals surface area contributed by atoms with Crippen LogP contribution in [0.4, 0.5) is 5.82 Å². The lowest BCUT2D eigenvalue weighted by Crippen LogP contribution is -2.43. The molecule has 0 saturated carbocycles. The van der Waals surface area contributed by atoms with Gasteiger partial charge in [0.15, 0.2) is 6.23 Å². The van der Waals surface area contributed by atoms with E-state index in [1.807, 2.05) is 78.9 Å². The maximum Gasteiger partial charge on any atom is 0.351 e. The number of methoxy groups -OCH3 is 3. The number of ether oxygens (including phenoxy) is 5. The van der Waals surface area contributed by atoms with E-state index in [-0.39, 0.29) is 43.4 Å². The summed E-state index contributed by atoms with van der Waals surface area (Å²) in [6, 6.07) is 29.0. The second kappa shape index (κ2) is 20.1. The third kappa shape index (κ3) is 10.1. The zero-order valence-electron chi connectivity index (χ0n) is 33.7. The number of nitrogens with zero attached hydrogens (tertiary/aromatic N) is 4. The fourth-order valence-electron chi connectivity index (χ4n) is 6.98. The standard InChI is InChI=1S/C42H52N5O9P/c1-28(2)47(29(3)4)57(54-26-12-24-43)56-38-36(55-40(39(38)52-8)46-25-23-37(44-30(5)48)45-41(46)49)27-53-42(31-13-10-9-11-14-31,32-15-19-34(50-6)20-16-32)33-17-21-35(51-7)22-18-33/h9-11,13-23,25,28-29,36,38-40H,12,26-27H2,1-8H3,(H,44,45,48,49). The quantitative estimate of drug-likeness (QED) is 0.0602. The van der Waals surface area contributed by atoms with Crippen LogP contribution in [0, 0.1) is 11.3 Å². The number of nitriles is 1. The summed E-state index contributed by atoms with van der Waals surface area (Å²) in [5, 5.41) is 11.9. The van der Waals surface area contributed by atoms with Crippen LogP contribution in [-0.2, 0) is 33.7 Å². The second-order valence-electron chi connectivity index (χ2n) is 13.9. The molecule has 2 heterocycles. The van der Waals surface area contributed by atoms with E-state index in [1.54, 1.807) is 14.2 Å². The van der Waals surface area contributed by atoms with Crippen LogP contribution in [-0.4, -0.2) is 85.1 Å². The molecule has 5 atom stereocenters. The van der Waals surface area contributed by atoms with Crippen LogP contribution in [0.2, 0.25) is 0 Å². The van der Waals surface area contributed by atoms with Crippen molar-refractivity contribution >= 4 is 20.3 Å². The Bertz CT molecular complexity index is 1930. The molecule has 1 aliphatic heterocycles. The Labute approximate surface area is 335 Å². The highest BCUT2D eigenvalue weighted by molar-refractivity contribution is 7.44. The van der Waals surface area contributed by atoms with Crippen LogP contribution in [0.3, 0.4) is 0 Å². The predicted octanol–water partition coefficient (Wildman–Crippen LogP) is 6.80. The van der Waals surface area contributed by atoms with Crippen molar-refractivity contribution in [3.63, 3.8) is 0 Å². The maximum absolute atomic E-state index is 13.6. The van der Waals surface area contributed by atoms with E-state index in [0.29, 0.717) is 11.5 Å². The molecule has 1 saturated heterocycles. The van der Waals surface area contributed by atoms with Gasteiger partial charge in [-0.3, -0.25) is 9.36 Å². The first-order chi connectivity index (χ1) is 27.5. The molecule has 304 valence electrons. The molecular formula is C42H52N5O9P. The summed E-state index contributed by atoms with van der Waals surface area (Å²) in [4.78, 5) is 29.4. The maximum atomic E-state index is 13.6. The van der Waals surface area contributed by atoms with Gasteiger partial charge < -0.3 is 38.0 Å². The number of carbonyl (C=O) groups is 1. The summed E-state index contributed by atoms with van der Waals surface area (Å²) in [5.74, 6) is 1.11. The molecule has 1 N–H and O–H groups in total. The topological polar surface area (TPSA) is 156 Å². The van der Waals surface area contributed by atoms with Crippen molar-refractivity contribution in [2.45, 2.75) is 83.3 Å². The van der Waals surface area contributed by atoms with Crippen LogP contribution in [0.15, 0.2) is 95.9 Å². The molecule has 0 spiro atoms. The number of benzene rings is 3. The van der Waals surface area contributed by atoms with Crippen molar-refractivity contribution in [2.24, 2.45) is 0 Å². The van der Waals surface area contributed by atoms with Gasteiger partial charge in [-0.05, 0) is 74.7 Å². The van der Waals surface area contributed by atoms with Gasteiger partial charge in [0, 0.05) is 32.3 Å². The Morgan fingerprint density at radius 3 is 1.98 bits per heavy atom. The minimum atomic E-state index is -1.79. The number of carbonyl (C=O) groups excluding carboxylic acids is 1. The molecule has 1 fully saturated rings. The molecule has 1 aliphatic rings. The normalized spacial score (nSPS) is 18.8. The molecule has 1 aromatic heterocycles. The van der Waals surface area contributed by atoms with Crippen molar-refractivity contribution in [1.82, 2.24) is 14.2 Å². The molecule has 4 aromatic rings. The minimum Gasteiger partial charge on any atom is -0.497 e. The highest BCUT2D eigenvalue weighted by Crippen LogP contribution is 2.51. The molecule has 3 aromatic carbocycles. The Hall–Kier alpha value is -4.71. The number of hydrogen-bond acceptors (Lipinski definition) is 12. The Balaban J connectivity index is 1.65. The second-order valence-corrected chi connectivity index (χ2v) is 15.3. The van der Waals surface area contributed by atoms with Gasteiger partial charge in [-0.25, -0.2) is 9.46 Å². The molecule has 5 rings (SSSR count). The Morgan fingerprint density at radius 1 is 0.912 bits per heavy atom. The zero-order chi connectivity index (χ0) is 41.1. The number of nitrogens with one attached hydrogen (secondary N) is 1. The minimum absolute atomic E-state index is 0.0102. The molecule has 0 bridgehead atoms. The Morgan fingerprint density at radius 2 is 1.49 bits per heavy atom. The molecule has 0 radical (unpaired) electrons. The van der Waals surface area contributed by atoms with Crippen molar-refractivity contribution in [3.05, 3.63) is 118 Å². The lowest BCUT2D eigenvalue weighted by Gasteiger charge is -2.39. The van der Waals surface area contributed by atoms with Gasteiger partial charge in [0.05, 0.1) is 39.9 Å². The number of anilines is 1. The van der Waals surface area contributed by atoms with E-state index in [2.05, 4.69) is 48.7 Å². The summed E-state index contributed by atoms with van der Waals surface area (Å²) in [6.45, 7) is 9.63. The van der Waals surface area contributed by atoms with Crippen LogP contribution in [0.1, 0.15) is 64.0 Å². The van der Waals surface area contributed by atoms with E-state index >= 15 is 0 Å². The summed E-state index contributed by atoms with van der Waals surface area (Å²) in [5.41, 5.74) is 0.622. The van der Waals surface area contributed by atoms with Crippen LogP contribution >= 0.6 is 8.53 Å². The number of aromatic nitrogens is 2. The average molecular weight is 802 g/mol. The highest BCUT2D eigenvalue weighted by Gasteiger charge is 2.51.